The molecule has 5 rings (SSSR count). The first-order valence-corrected chi connectivity index (χ1v) is 8.72. The number of benzene rings is 1. The number of hydrogen-bond donors (Lipinski definition) is 3. The van der Waals surface area contributed by atoms with Crippen LogP contribution in [0.5, 0.6) is 0 Å². The van der Waals surface area contributed by atoms with E-state index in [0.717, 1.165) is 11.0 Å². The number of nitrogens with zero attached hydrogens (tertiary/aromatic N) is 4. The van der Waals surface area contributed by atoms with Crippen LogP contribution in [0.25, 0.3) is 11.0 Å². The quantitative estimate of drug-likeness (QED) is 0.512. The Bertz CT molecular complexity index is 1110. The third-order valence-corrected chi connectivity index (χ3v) is 4.57. The fourth-order valence-electron chi connectivity index (χ4n) is 3.28. The second kappa shape index (κ2) is 6.27. The molecule has 4 aromatic rings. The molecule has 0 saturated carbocycles. The zero-order valence-electron chi connectivity index (χ0n) is 14.6. The molecular formula is C20H15N7O. The summed E-state index contributed by atoms with van der Waals surface area (Å²) < 4.78 is 0. The number of pyridine rings is 2. The first kappa shape index (κ1) is 16.1. The number of aromatic nitrogens is 4. The zero-order chi connectivity index (χ0) is 19.0. The summed E-state index contributed by atoms with van der Waals surface area (Å²) in [5.41, 5.74) is 1.45. The van der Waals surface area contributed by atoms with Gasteiger partial charge in [-0.25, -0.2) is 4.98 Å². The van der Waals surface area contributed by atoms with Crippen LogP contribution in [-0.2, 0) is 10.3 Å². The lowest BCUT2D eigenvalue weighted by atomic mass is 9.90. The van der Waals surface area contributed by atoms with Gasteiger partial charge >= 0.3 is 0 Å². The molecule has 3 N–H and O–H groups in total. The Morgan fingerprint density at radius 2 is 1.54 bits per heavy atom. The minimum Gasteiger partial charge on any atom is -0.331 e. The first-order valence-electron chi connectivity index (χ1n) is 8.72. The summed E-state index contributed by atoms with van der Waals surface area (Å²) in [4.78, 5) is 33.9. The van der Waals surface area contributed by atoms with Crippen molar-refractivity contribution in [2.24, 2.45) is 4.99 Å². The highest BCUT2D eigenvalue weighted by Crippen LogP contribution is 2.30. The van der Waals surface area contributed by atoms with Crippen LogP contribution in [0.1, 0.15) is 11.4 Å². The molecule has 28 heavy (non-hydrogen) atoms. The number of rotatable bonds is 3. The lowest BCUT2D eigenvalue weighted by Crippen LogP contribution is -2.46. The summed E-state index contributed by atoms with van der Waals surface area (Å²) in [6.45, 7) is 0. The number of imidazole rings is 1. The van der Waals surface area contributed by atoms with Gasteiger partial charge in [-0.05, 0) is 36.4 Å². The van der Waals surface area contributed by atoms with Crippen molar-refractivity contribution in [1.82, 2.24) is 30.6 Å². The number of nitrogens with one attached hydrogen (secondary N) is 3. The average Bonchev–Trinajstić information content (AvgIpc) is 3.30. The second-order valence-corrected chi connectivity index (χ2v) is 6.30. The SMILES string of the molecule is O=C1N/C(=N/c2nc3ccccc3[nH]2)NC1(c1ccccn1)c1ccccn1. The number of para-hydroxylation sites is 2. The largest absolute Gasteiger partial charge is 0.331 e. The van der Waals surface area contributed by atoms with E-state index >= 15 is 0 Å². The molecule has 1 aliphatic rings. The number of fused-ring (bicyclic) bond motifs is 1. The van der Waals surface area contributed by atoms with E-state index in [2.05, 4.69) is 35.6 Å². The number of guanidine groups is 1. The van der Waals surface area contributed by atoms with Gasteiger partial charge in [0, 0.05) is 12.4 Å². The van der Waals surface area contributed by atoms with Crippen molar-refractivity contribution in [2.75, 3.05) is 0 Å². The van der Waals surface area contributed by atoms with E-state index in [4.69, 9.17) is 0 Å². The lowest BCUT2D eigenvalue weighted by Gasteiger charge is -2.25. The molecule has 3 aromatic heterocycles. The van der Waals surface area contributed by atoms with Gasteiger partial charge in [-0.2, -0.15) is 4.99 Å². The highest BCUT2D eigenvalue weighted by Gasteiger charge is 2.50. The van der Waals surface area contributed by atoms with E-state index in [1.807, 2.05) is 36.4 Å². The summed E-state index contributed by atoms with van der Waals surface area (Å²) in [5.74, 6) is 0.363. The van der Waals surface area contributed by atoms with E-state index in [0.29, 0.717) is 17.3 Å². The molecule has 0 radical (unpaired) electrons. The standard InChI is InChI=1S/C20H15N7O/c28-17-20(15-9-3-5-11-21-15,16-10-4-6-12-22-16)27-19(25-17)26-18-23-13-7-1-2-8-14(13)24-18/h1-12H,(H3,23,24,25,26,27,28). The summed E-state index contributed by atoms with van der Waals surface area (Å²) in [6, 6.07) is 18.4. The minimum absolute atomic E-state index is 0.278. The fourth-order valence-corrected chi connectivity index (χ4v) is 3.28. The van der Waals surface area contributed by atoms with Crippen LogP contribution in [0.2, 0.25) is 0 Å². The topological polar surface area (TPSA) is 108 Å². The normalized spacial score (nSPS) is 16.9. The Hall–Kier alpha value is -4.07. The predicted octanol–water partition coefficient (Wildman–Crippen LogP) is 2.00. The van der Waals surface area contributed by atoms with Crippen molar-refractivity contribution >= 4 is 28.8 Å². The van der Waals surface area contributed by atoms with Crippen LogP contribution in [0.4, 0.5) is 5.95 Å². The molecule has 1 aromatic carbocycles. The Morgan fingerprint density at radius 1 is 0.857 bits per heavy atom. The summed E-state index contributed by atoms with van der Waals surface area (Å²) in [7, 11) is 0. The van der Waals surface area contributed by atoms with E-state index in [1.54, 1.807) is 36.7 Å². The Balaban J connectivity index is 1.60. The summed E-state index contributed by atoms with van der Waals surface area (Å²) in [5, 5.41) is 5.98. The number of aliphatic imine (C=N–C) groups is 1. The Morgan fingerprint density at radius 3 is 2.18 bits per heavy atom. The molecule has 0 atom stereocenters. The predicted molar refractivity (Wildman–Crippen MR) is 104 cm³/mol. The van der Waals surface area contributed by atoms with Crippen LogP contribution in [0.3, 0.4) is 0 Å². The average molecular weight is 369 g/mol. The molecule has 0 unspecified atom stereocenters. The molecule has 1 aliphatic heterocycles. The minimum atomic E-state index is -1.27. The molecule has 4 heterocycles. The maximum absolute atomic E-state index is 13.1. The monoisotopic (exact) mass is 369 g/mol. The van der Waals surface area contributed by atoms with Gasteiger partial charge in [0.15, 0.2) is 0 Å². The molecule has 0 bridgehead atoms. The first-order chi connectivity index (χ1) is 13.8. The van der Waals surface area contributed by atoms with Crippen LogP contribution < -0.4 is 10.6 Å². The number of hydrogen-bond acceptors (Lipinski definition) is 5. The van der Waals surface area contributed by atoms with Crippen molar-refractivity contribution in [3.63, 3.8) is 0 Å². The number of aromatic amines is 1. The molecule has 0 spiro atoms. The van der Waals surface area contributed by atoms with Crippen LogP contribution >= 0.6 is 0 Å². The van der Waals surface area contributed by atoms with Gasteiger partial charge in [0.1, 0.15) is 0 Å². The molecule has 1 fully saturated rings. The molecular weight excluding hydrogens is 354 g/mol. The number of carbonyl (C=O) groups excluding carboxylic acids is 1. The molecule has 8 heteroatoms. The Kier molecular flexibility index (Phi) is 3.61. The van der Waals surface area contributed by atoms with Crippen molar-refractivity contribution in [1.29, 1.82) is 0 Å². The molecule has 8 nitrogen and oxygen atoms in total. The second-order valence-electron chi connectivity index (χ2n) is 6.30. The van der Waals surface area contributed by atoms with E-state index in [9.17, 15) is 4.79 Å². The molecule has 136 valence electrons. The van der Waals surface area contributed by atoms with Gasteiger partial charge in [0.2, 0.25) is 17.4 Å². The molecule has 0 aliphatic carbocycles. The smallest absolute Gasteiger partial charge is 0.265 e. The zero-order valence-corrected chi connectivity index (χ0v) is 14.6. The number of carbonyl (C=O) groups is 1. The van der Waals surface area contributed by atoms with Crippen molar-refractivity contribution in [3.8, 4) is 0 Å². The number of H-pyrrole nitrogens is 1. The van der Waals surface area contributed by atoms with E-state index in [-0.39, 0.29) is 11.9 Å². The summed E-state index contributed by atoms with van der Waals surface area (Å²) >= 11 is 0. The van der Waals surface area contributed by atoms with Gasteiger partial charge in [-0.15, -0.1) is 0 Å². The lowest BCUT2D eigenvalue weighted by molar-refractivity contribution is -0.123. The van der Waals surface area contributed by atoms with Crippen LogP contribution in [-0.4, -0.2) is 31.8 Å². The maximum Gasteiger partial charge on any atom is 0.265 e. The number of amides is 1. The van der Waals surface area contributed by atoms with E-state index < -0.39 is 5.54 Å². The van der Waals surface area contributed by atoms with Gasteiger partial charge in [0.25, 0.3) is 5.91 Å². The molecule has 1 saturated heterocycles. The van der Waals surface area contributed by atoms with Gasteiger partial charge in [0.05, 0.1) is 22.4 Å². The van der Waals surface area contributed by atoms with Gasteiger partial charge in [-0.1, -0.05) is 24.3 Å². The third kappa shape index (κ3) is 2.50. The van der Waals surface area contributed by atoms with Crippen molar-refractivity contribution in [3.05, 3.63) is 84.4 Å². The highest BCUT2D eigenvalue weighted by atomic mass is 16.2. The Labute approximate surface area is 159 Å². The fraction of sp³-hybridized carbons (Fsp3) is 0.0500. The van der Waals surface area contributed by atoms with Crippen molar-refractivity contribution in [2.45, 2.75) is 5.54 Å². The van der Waals surface area contributed by atoms with Crippen LogP contribution in [0.15, 0.2) is 78.0 Å². The molecule has 1 amide bonds. The van der Waals surface area contributed by atoms with Crippen LogP contribution in [0, 0.1) is 0 Å². The maximum atomic E-state index is 13.1. The van der Waals surface area contributed by atoms with E-state index in [1.165, 1.54) is 0 Å². The van der Waals surface area contributed by atoms with Gasteiger partial charge < -0.3 is 10.3 Å². The highest BCUT2D eigenvalue weighted by molar-refractivity contribution is 6.11. The van der Waals surface area contributed by atoms with Gasteiger partial charge in [-0.3, -0.25) is 20.1 Å². The third-order valence-electron chi connectivity index (χ3n) is 4.57. The van der Waals surface area contributed by atoms with Crippen molar-refractivity contribution < 1.29 is 4.79 Å². The summed E-state index contributed by atoms with van der Waals surface area (Å²) in [6.07, 6.45) is 3.28.